The minimum absolute atomic E-state index is 0.0696. The van der Waals surface area contributed by atoms with Crippen LogP contribution in [0.3, 0.4) is 0 Å². The molecule has 1 atom stereocenters. The van der Waals surface area contributed by atoms with Gasteiger partial charge in [-0.15, -0.1) is 0 Å². The molecule has 0 radical (unpaired) electrons. The van der Waals surface area contributed by atoms with Gasteiger partial charge in [-0.3, -0.25) is 9.59 Å². The number of carbonyl (C=O) groups excluding carboxylic acids is 2. The van der Waals surface area contributed by atoms with Crippen LogP contribution in [0.2, 0.25) is 0 Å². The van der Waals surface area contributed by atoms with Gasteiger partial charge in [0.05, 0.1) is 17.3 Å². The lowest BCUT2D eigenvalue weighted by molar-refractivity contribution is -0.119. The molecule has 2 aromatic rings. The highest BCUT2D eigenvalue weighted by molar-refractivity contribution is 6.09. The predicted molar refractivity (Wildman–Crippen MR) is 92.1 cm³/mol. The zero-order chi connectivity index (χ0) is 16.2. The molecule has 0 bridgehead atoms. The highest BCUT2D eigenvalue weighted by Crippen LogP contribution is 2.30. The van der Waals surface area contributed by atoms with Crippen LogP contribution in [-0.2, 0) is 9.59 Å². The zero-order valence-electron chi connectivity index (χ0n) is 12.9. The van der Waals surface area contributed by atoms with E-state index in [4.69, 9.17) is 0 Å². The first-order chi connectivity index (χ1) is 11.1. The summed E-state index contributed by atoms with van der Waals surface area (Å²) in [7, 11) is 0. The van der Waals surface area contributed by atoms with Crippen LogP contribution >= 0.6 is 0 Å². The Kier molecular flexibility index (Phi) is 4.24. The molecule has 2 amide bonds. The number of amides is 2. The molecule has 116 valence electrons. The summed E-state index contributed by atoms with van der Waals surface area (Å²) in [5.41, 5.74) is 2.36. The molecule has 4 nitrogen and oxygen atoms in total. The van der Waals surface area contributed by atoms with Gasteiger partial charge in [0.15, 0.2) is 0 Å². The van der Waals surface area contributed by atoms with E-state index in [1.54, 1.807) is 17.1 Å². The Bertz CT molecular complexity index is 753. The summed E-state index contributed by atoms with van der Waals surface area (Å²) < 4.78 is 0. The Labute approximate surface area is 135 Å². The number of rotatable bonds is 2. The molecule has 4 heteroatoms. The van der Waals surface area contributed by atoms with Crippen molar-refractivity contribution in [2.45, 2.75) is 6.92 Å². The molecule has 1 N–H and O–H groups in total. The summed E-state index contributed by atoms with van der Waals surface area (Å²) in [6, 6.07) is 17.0. The Morgan fingerprint density at radius 2 is 1.83 bits per heavy atom. The third-order valence-corrected chi connectivity index (χ3v) is 3.84. The van der Waals surface area contributed by atoms with Crippen LogP contribution in [0.15, 0.2) is 60.7 Å². The van der Waals surface area contributed by atoms with Crippen LogP contribution in [0.1, 0.15) is 12.5 Å². The van der Waals surface area contributed by atoms with Gasteiger partial charge in [0.2, 0.25) is 5.91 Å². The Morgan fingerprint density at radius 1 is 1.13 bits per heavy atom. The maximum Gasteiger partial charge on any atom is 0.251 e. The summed E-state index contributed by atoms with van der Waals surface area (Å²) in [5.74, 6) is -0.471. The first-order valence-electron chi connectivity index (χ1n) is 7.59. The van der Waals surface area contributed by atoms with E-state index >= 15 is 0 Å². The van der Waals surface area contributed by atoms with Crippen molar-refractivity contribution in [3.63, 3.8) is 0 Å². The van der Waals surface area contributed by atoms with E-state index < -0.39 is 0 Å². The van der Waals surface area contributed by atoms with Crippen molar-refractivity contribution in [2.75, 3.05) is 16.8 Å². The van der Waals surface area contributed by atoms with E-state index in [9.17, 15) is 9.59 Å². The van der Waals surface area contributed by atoms with Crippen LogP contribution in [0.25, 0.3) is 6.08 Å². The molecule has 0 fully saturated rings. The van der Waals surface area contributed by atoms with E-state index in [0.29, 0.717) is 12.2 Å². The van der Waals surface area contributed by atoms with Crippen molar-refractivity contribution in [1.82, 2.24) is 0 Å². The molecule has 0 aliphatic carbocycles. The van der Waals surface area contributed by atoms with Gasteiger partial charge in [0.25, 0.3) is 5.91 Å². The van der Waals surface area contributed by atoms with Gasteiger partial charge >= 0.3 is 0 Å². The van der Waals surface area contributed by atoms with E-state index in [-0.39, 0.29) is 17.7 Å². The number of benzene rings is 2. The summed E-state index contributed by atoms with van der Waals surface area (Å²) in [6.45, 7) is 2.18. The van der Waals surface area contributed by atoms with Crippen LogP contribution in [-0.4, -0.2) is 18.4 Å². The molecule has 1 aliphatic rings. The zero-order valence-corrected chi connectivity index (χ0v) is 12.9. The molecule has 1 heterocycles. The second-order valence-corrected chi connectivity index (χ2v) is 5.60. The molecule has 1 aliphatic heterocycles. The van der Waals surface area contributed by atoms with Gasteiger partial charge in [-0.05, 0) is 23.8 Å². The number of hydrogen-bond acceptors (Lipinski definition) is 2. The van der Waals surface area contributed by atoms with E-state index in [2.05, 4.69) is 5.32 Å². The number of para-hydroxylation sites is 2. The fraction of sp³-hybridized carbons (Fsp3) is 0.158. The number of hydrogen-bond donors (Lipinski definition) is 1. The number of nitrogens with one attached hydrogen (secondary N) is 1. The summed E-state index contributed by atoms with van der Waals surface area (Å²) in [6.07, 6.45) is 3.34. The second-order valence-electron chi connectivity index (χ2n) is 5.60. The van der Waals surface area contributed by atoms with Gasteiger partial charge in [-0.1, -0.05) is 49.4 Å². The van der Waals surface area contributed by atoms with Crippen molar-refractivity contribution in [3.8, 4) is 0 Å². The fourth-order valence-corrected chi connectivity index (χ4v) is 2.56. The highest BCUT2D eigenvalue weighted by atomic mass is 16.2. The normalized spacial score (nSPS) is 17.5. The number of carbonyl (C=O) groups is 2. The predicted octanol–water partition coefficient (Wildman–Crippen LogP) is 3.32. The smallest absolute Gasteiger partial charge is 0.251 e. The molecule has 0 saturated heterocycles. The Balaban J connectivity index is 1.90. The average molecular weight is 306 g/mol. The standard InChI is InChI=1S/C19H18N2O2/c1-14-13-21(17-10-6-5-9-16(17)20-19(14)23)18(22)12-11-15-7-3-2-4-8-15/h2-12,14H,13H2,1H3,(H,20,23)/b12-11-/t14-/m1/s1. The summed E-state index contributed by atoms with van der Waals surface area (Å²) in [4.78, 5) is 26.3. The number of anilines is 2. The van der Waals surface area contributed by atoms with Crippen LogP contribution in [0, 0.1) is 5.92 Å². The van der Waals surface area contributed by atoms with Crippen molar-refractivity contribution in [2.24, 2.45) is 5.92 Å². The molecule has 3 rings (SSSR count). The Hall–Kier alpha value is -2.88. The first-order valence-corrected chi connectivity index (χ1v) is 7.59. The highest BCUT2D eigenvalue weighted by Gasteiger charge is 2.27. The van der Waals surface area contributed by atoms with Gasteiger partial charge < -0.3 is 10.2 Å². The van der Waals surface area contributed by atoms with Gasteiger partial charge in [-0.2, -0.15) is 0 Å². The third-order valence-electron chi connectivity index (χ3n) is 3.84. The average Bonchev–Trinajstić information content (AvgIpc) is 2.71. The molecule has 0 unspecified atom stereocenters. The summed E-state index contributed by atoms with van der Waals surface area (Å²) >= 11 is 0. The topological polar surface area (TPSA) is 49.4 Å². The molecular weight excluding hydrogens is 288 g/mol. The lowest BCUT2D eigenvalue weighted by Crippen LogP contribution is -2.34. The molecule has 0 aromatic heterocycles. The lowest BCUT2D eigenvalue weighted by atomic mass is 10.1. The van der Waals surface area contributed by atoms with Crippen LogP contribution in [0.4, 0.5) is 11.4 Å². The van der Waals surface area contributed by atoms with E-state index in [0.717, 1.165) is 11.3 Å². The van der Waals surface area contributed by atoms with Gasteiger partial charge in [-0.25, -0.2) is 0 Å². The molecule has 0 saturated carbocycles. The molecule has 2 aromatic carbocycles. The molecular formula is C19H18N2O2. The minimum Gasteiger partial charge on any atom is -0.324 e. The van der Waals surface area contributed by atoms with Gasteiger partial charge in [0, 0.05) is 12.6 Å². The molecule has 23 heavy (non-hydrogen) atoms. The molecule has 0 spiro atoms. The second kappa shape index (κ2) is 6.48. The van der Waals surface area contributed by atoms with Gasteiger partial charge in [0.1, 0.15) is 0 Å². The van der Waals surface area contributed by atoms with E-state index in [1.165, 1.54) is 0 Å². The van der Waals surface area contributed by atoms with Crippen molar-refractivity contribution in [3.05, 3.63) is 66.2 Å². The fourth-order valence-electron chi connectivity index (χ4n) is 2.56. The summed E-state index contributed by atoms with van der Waals surface area (Å²) in [5, 5.41) is 2.87. The van der Waals surface area contributed by atoms with Crippen molar-refractivity contribution < 1.29 is 9.59 Å². The lowest BCUT2D eigenvalue weighted by Gasteiger charge is -2.22. The van der Waals surface area contributed by atoms with Crippen molar-refractivity contribution >= 4 is 29.3 Å². The maximum absolute atomic E-state index is 12.6. The van der Waals surface area contributed by atoms with Crippen molar-refractivity contribution in [1.29, 1.82) is 0 Å². The van der Waals surface area contributed by atoms with Crippen LogP contribution in [0.5, 0.6) is 0 Å². The number of nitrogens with zero attached hydrogens (tertiary/aromatic N) is 1. The first kappa shape index (κ1) is 15.0. The van der Waals surface area contributed by atoms with Crippen LogP contribution < -0.4 is 10.2 Å². The van der Waals surface area contributed by atoms with E-state index in [1.807, 2.05) is 61.5 Å². The Morgan fingerprint density at radius 3 is 2.61 bits per heavy atom. The maximum atomic E-state index is 12.6. The third kappa shape index (κ3) is 3.31. The number of fused-ring (bicyclic) bond motifs is 1. The quantitative estimate of drug-likeness (QED) is 0.865. The monoisotopic (exact) mass is 306 g/mol. The largest absolute Gasteiger partial charge is 0.324 e. The minimum atomic E-state index is -0.267. The SMILES string of the molecule is C[C@@H]1CN(C(=O)/C=C\c2ccccc2)c2ccccc2NC1=O.